The summed E-state index contributed by atoms with van der Waals surface area (Å²) in [5.74, 6) is -0.488. The average molecular weight is 247 g/mol. The predicted octanol–water partition coefficient (Wildman–Crippen LogP) is 1.81. The van der Waals surface area contributed by atoms with Crippen LogP contribution in [-0.2, 0) is 4.74 Å². The summed E-state index contributed by atoms with van der Waals surface area (Å²) in [6.07, 6.45) is 6.35. The highest BCUT2D eigenvalue weighted by atomic mass is 32.2. The Morgan fingerprint density at radius 3 is 2.59 bits per heavy atom. The number of hydrogen-bond donors (Lipinski definition) is 0. The van der Waals surface area contributed by atoms with Crippen molar-refractivity contribution in [3.05, 3.63) is 42.6 Å². The molecule has 0 aromatic carbocycles. The van der Waals surface area contributed by atoms with Crippen molar-refractivity contribution in [1.82, 2.24) is 15.0 Å². The van der Waals surface area contributed by atoms with Gasteiger partial charge in [0.25, 0.3) is 0 Å². The number of carbonyl (C=O) groups is 1. The molecule has 86 valence electrons. The van der Waals surface area contributed by atoms with Gasteiger partial charge in [-0.25, -0.2) is 14.8 Å². The van der Waals surface area contributed by atoms with Crippen molar-refractivity contribution in [2.24, 2.45) is 0 Å². The van der Waals surface area contributed by atoms with Gasteiger partial charge in [0.05, 0.1) is 19.5 Å². The molecule has 0 unspecified atom stereocenters. The Morgan fingerprint density at radius 2 is 2.00 bits per heavy atom. The van der Waals surface area contributed by atoms with Crippen LogP contribution in [-0.4, -0.2) is 28.0 Å². The van der Waals surface area contributed by atoms with E-state index in [1.165, 1.54) is 31.3 Å². The van der Waals surface area contributed by atoms with Crippen molar-refractivity contribution in [3.8, 4) is 0 Å². The summed E-state index contributed by atoms with van der Waals surface area (Å²) in [5, 5.41) is 0.712. The number of nitrogens with zero attached hydrogens (tertiary/aromatic N) is 3. The minimum atomic E-state index is -0.488. The highest BCUT2D eigenvalue weighted by Crippen LogP contribution is 2.24. The largest absolute Gasteiger partial charge is 0.464 e. The van der Waals surface area contributed by atoms with Gasteiger partial charge in [-0.1, -0.05) is 11.8 Å². The summed E-state index contributed by atoms with van der Waals surface area (Å²) < 4.78 is 4.54. The predicted molar refractivity (Wildman–Crippen MR) is 61.7 cm³/mol. The summed E-state index contributed by atoms with van der Waals surface area (Å²) in [7, 11) is 1.31. The summed E-state index contributed by atoms with van der Waals surface area (Å²) in [6.45, 7) is 0. The molecule has 2 rings (SSSR count). The van der Waals surface area contributed by atoms with E-state index in [-0.39, 0.29) is 5.69 Å². The zero-order valence-corrected chi connectivity index (χ0v) is 9.85. The molecule has 0 radical (unpaired) electrons. The van der Waals surface area contributed by atoms with Crippen LogP contribution in [0, 0.1) is 0 Å². The fraction of sp³-hybridized carbons (Fsp3) is 0.0909. The van der Waals surface area contributed by atoms with Crippen molar-refractivity contribution in [1.29, 1.82) is 0 Å². The molecule has 0 aliphatic carbocycles. The maximum atomic E-state index is 11.1. The van der Waals surface area contributed by atoms with E-state index in [0.717, 1.165) is 4.90 Å². The lowest BCUT2D eigenvalue weighted by molar-refractivity contribution is 0.0593. The van der Waals surface area contributed by atoms with Crippen LogP contribution in [0.15, 0.2) is 46.8 Å². The topological polar surface area (TPSA) is 65.0 Å². The number of rotatable bonds is 3. The first kappa shape index (κ1) is 11.5. The van der Waals surface area contributed by atoms with E-state index in [9.17, 15) is 4.79 Å². The fourth-order valence-electron chi connectivity index (χ4n) is 1.11. The van der Waals surface area contributed by atoms with Crippen LogP contribution in [0.25, 0.3) is 0 Å². The second-order valence-corrected chi connectivity index (χ2v) is 4.11. The minimum absolute atomic E-state index is 0.201. The Labute approximate surface area is 102 Å². The molecule has 0 aliphatic heterocycles. The Balaban J connectivity index is 2.11. The second-order valence-electron chi connectivity index (χ2n) is 3.02. The number of aromatic nitrogens is 3. The van der Waals surface area contributed by atoms with Crippen LogP contribution < -0.4 is 0 Å². The Bertz CT molecular complexity index is 502. The first-order chi connectivity index (χ1) is 8.29. The maximum Gasteiger partial charge on any atom is 0.358 e. The fourth-order valence-corrected chi connectivity index (χ4v) is 1.82. The lowest BCUT2D eigenvalue weighted by Gasteiger charge is -2.01. The van der Waals surface area contributed by atoms with Crippen LogP contribution in [0.5, 0.6) is 0 Å². The van der Waals surface area contributed by atoms with Gasteiger partial charge >= 0.3 is 5.97 Å². The lowest BCUT2D eigenvalue weighted by Crippen LogP contribution is -2.04. The van der Waals surface area contributed by atoms with E-state index < -0.39 is 5.97 Å². The van der Waals surface area contributed by atoms with Gasteiger partial charge in [0.15, 0.2) is 5.69 Å². The molecule has 0 fully saturated rings. The van der Waals surface area contributed by atoms with E-state index in [1.807, 2.05) is 12.1 Å². The third-order valence-electron chi connectivity index (χ3n) is 1.89. The van der Waals surface area contributed by atoms with Crippen LogP contribution in [0.2, 0.25) is 0 Å². The summed E-state index contributed by atoms with van der Waals surface area (Å²) >= 11 is 1.45. The Kier molecular flexibility index (Phi) is 3.66. The molecule has 0 atom stereocenters. The zero-order chi connectivity index (χ0) is 12.1. The van der Waals surface area contributed by atoms with E-state index in [1.54, 1.807) is 12.4 Å². The summed E-state index contributed by atoms with van der Waals surface area (Å²) in [5.41, 5.74) is 0.201. The van der Waals surface area contributed by atoms with Crippen molar-refractivity contribution < 1.29 is 9.53 Å². The Morgan fingerprint density at radius 1 is 1.24 bits per heavy atom. The molecule has 5 nitrogen and oxygen atoms in total. The van der Waals surface area contributed by atoms with E-state index >= 15 is 0 Å². The average Bonchev–Trinajstić information content (AvgIpc) is 2.40. The van der Waals surface area contributed by atoms with E-state index in [0.29, 0.717) is 5.03 Å². The van der Waals surface area contributed by atoms with Crippen molar-refractivity contribution in [3.63, 3.8) is 0 Å². The van der Waals surface area contributed by atoms with E-state index in [2.05, 4.69) is 19.7 Å². The van der Waals surface area contributed by atoms with Gasteiger partial charge in [0, 0.05) is 17.3 Å². The van der Waals surface area contributed by atoms with Crippen molar-refractivity contribution in [2.75, 3.05) is 7.11 Å². The smallest absolute Gasteiger partial charge is 0.358 e. The van der Waals surface area contributed by atoms with Crippen LogP contribution in [0.4, 0.5) is 0 Å². The number of hydrogen-bond acceptors (Lipinski definition) is 6. The molecule has 0 amide bonds. The first-order valence-corrected chi connectivity index (χ1v) is 5.59. The van der Waals surface area contributed by atoms with Gasteiger partial charge in [-0.2, -0.15) is 0 Å². The number of esters is 1. The molecule has 17 heavy (non-hydrogen) atoms. The number of ether oxygens (including phenoxy) is 1. The normalized spacial score (nSPS) is 9.94. The molecule has 0 saturated heterocycles. The molecule has 6 heteroatoms. The standard InChI is InChI=1S/C11H9N3O2S/c1-16-11(15)9-6-14-10(7-13-9)17-8-2-4-12-5-3-8/h2-7H,1H3. The van der Waals surface area contributed by atoms with Gasteiger partial charge in [-0.05, 0) is 12.1 Å². The molecule has 0 aliphatic rings. The quantitative estimate of drug-likeness (QED) is 0.771. The third-order valence-corrected chi connectivity index (χ3v) is 2.82. The summed E-state index contributed by atoms with van der Waals surface area (Å²) in [6, 6.07) is 3.75. The maximum absolute atomic E-state index is 11.1. The highest BCUT2D eigenvalue weighted by molar-refractivity contribution is 7.99. The number of pyridine rings is 1. The molecule has 2 aromatic heterocycles. The Hall–Kier alpha value is -1.95. The minimum Gasteiger partial charge on any atom is -0.464 e. The lowest BCUT2D eigenvalue weighted by atomic mass is 10.5. The molecular weight excluding hydrogens is 238 g/mol. The van der Waals surface area contributed by atoms with Gasteiger partial charge < -0.3 is 4.74 Å². The van der Waals surface area contributed by atoms with Crippen LogP contribution in [0.3, 0.4) is 0 Å². The van der Waals surface area contributed by atoms with Crippen molar-refractivity contribution >= 4 is 17.7 Å². The van der Waals surface area contributed by atoms with Gasteiger partial charge in [-0.15, -0.1) is 0 Å². The molecular formula is C11H9N3O2S. The monoisotopic (exact) mass is 247 g/mol. The molecule has 0 N–H and O–H groups in total. The van der Waals surface area contributed by atoms with Gasteiger partial charge in [-0.3, -0.25) is 4.98 Å². The third kappa shape index (κ3) is 3.01. The molecule has 0 spiro atoms. The zero-order valence-electron chi connectivity index (χ0n) is 9.03. The molecule has 0 saturated carbocycles. The molecule has 2 aromatic rings. The number of methoxy groups -OCH3 is 1. The molecule has 0 bridgehead atoms. The summed E-state index contributed by atoms with van der Waals surface area (Å²) in [4.78, 5) is 24.2. The highest BCUT2D eigenvalue weighted by Gasteiger charge is 2.07. The van der Waals surface area contributed by atoms with Crippen molar-refractivity contribution in [2.45, 2.75) is 9.92 Å². The first-order valence-electron chi connectivity index (χ1n) is 4.78. The number of carbonyl (C=O) groups excluding carboxylic acids is 1. The molecule has 2 heterocycles. The second kappa shape index (κ2) is 5.40. The van der Waals surface area contributed by atoms with Gasteiger partial charge in [0.2, 0.25) is 0 Å². The SMILES string of the molecule is COC(=O)c1cnc(Sc2ccncc2)cn1. The van der Waals surface area contributed by atoms with Crippen LogP contribution in [0.1, 0.15) is 10.5 Å². The van der Waals surface area contributed by atoms with Crippen LogP contribution >= 0.6 is 11.8 Å². The van der Waals surface area contributed by atoms with Gasteiger partial charge in [0.1, 0.15) is 5.03 Å². The van der Waals surface area contributed by atoms with E-state index in [4.69, 9.17) is 0 Å².